The minimum Gasteiger partial charge on any atom is -0.488 e. The topological polar surface area (TPSA) is 68.5 Å². The highest BCUT2D eigenvalue weighted by molar-refractivity contribution is 5.95. The molecule has 6 aromatic rings. The number of benzene rings is 5. The highest BCUT2D eigenvalue weighted by Gasteiger charge is 2.12. The van der Waals surface area contributed by atoms with Crippen LogP contribution in [0.15, 0.2) is 151 Å². The predicted molar refractivity (Wildman–Crippen MR) is 167 cm³/mol. The van der Waals surface area contributed by atoms with Crippen LogP contribution in [-0.2, 0) is 6.61 Å². The number of carbonyl (C=O) groups is 1. The Morgan fingerprint density at radius 2 is 1.36 bits per heavy atom. The second-order valence-electron chi connectivity index (χ2n) is 9.63. The third-order valence-corrected chi connectivity index (χ3v) is 6.76. The Labute approximate surface area is 244 Å². The summed E-state index contributed by atoms with van der Waals surface area (Å²) in [5.41, 5.74) is 9.70. The van der Waals surface area contributed by atoms with Crippen LogP contribution in [0.1, 0.15) is 21.5 Å². The summed E-state index contributed by atoms with van der Waals surface area (Å²) in [6.07, 6.45) is 3.52. The monoisotopic (exact) mass is 548 g/mol. The molecule has 1 heterocycles. The third kappa shape index (κ3) is 6.18. The van der Waals surface area contributed by atoms with E-state index in [-0.39, 0.29) is 5.91 Å². The summed E-state index contributed by atoms with van der Waals surface area (Å²) in [5.74, 6) is 0.509. The standard InChI is InChI=1S/C36H28N4O2/c41-36(30-22-20-27(21-23-30)26-42-34-19-11-10-18-33(34)28-12-4-1-5-13-28)38-37-24-31-25-40(32-16-8-3-9-17-32)39-35(31)29-14-6-2-7-15-29/h1-25H,26H2,(H,38,41)/b37-24-. The number of hydrazone groups is 1. The van der Waals surface area contributed by atoms with Gasteiger partial charge in [0, 0.05) is 28.5 Å². The Kier molecular flexibility index (Phi) is 7.95. The lowest BCUT2D eigenvalue weighted by molar-refractivity contribution is 0.0955. The number of rotatable bonds is 9. The van der Waals surface area contributed by atoms with E-state index in [0.717, 1.165) is 44.9 Å². The van der Waals surface area contributed by atoms with Crippen LogP contribution >= 0.6 is 0 Å². The molecule has 1 amide bonds. The highest BCUT2D eigenvalue weighted by Crippen LogP contribution is 2.30. The molecule has 0 aliphatic carbocycles. The summed E-state index contributed by atoms with van der Waals surface area (Å²) < 4.78 is 7.95. The fourth-order valence-corrected chi connectivity index (χ4v) is 4.60. The molecule has 1 N–H and O–H groups in total. The number of carbonyl (C=O) groups excluding carboxylic acids is 1. The van der Waals surface area contributed by atoms with Crippen molar-refractivity contribution in [3.05, 3.63) is 162 Å². The number of hydrogen-bond acceptors (Lipinski definition) is 4. The second-order valence-corrected chi connectivity index (χ2v) is 9.63. The van der Waals surface area contributed by atoms with Crippen molar-refractivity contribution in [1.29, 1.82) is 0 Å². The molecule has 0 saturated heterocycles. The van der Waals surface area contributed by atoms with Crippen molar-refractivity contribution >= 4 is 12.1 Å². The van der Waals surface area contributed by atoms with Gasteiger partial charge in [0.1, 0.15) is 18.1 Å². The minimum atomic E-state index is -0.301. The third-order valence-electron chi connectivity index (χ3n) is 6.76. The maximum atomic E-state index is 12.8. The molecule has 6 rings (SSSR count). The van der Waals surface area contributed by atoms with Gasteiger partial charge in [-0.05, 0) is 41.5 Å². The number of amides is 1. The first-order chi connectivity index (χ1) is 20.7. The molecule has 1 aromatic heterocycles. The summed E-state index contributed by atoms with van der Waals surface area (Å²) in [6, 6.07) is 45.2. The van der Waals surface area contributed by atoms with Crippen LogP contribution in [0, 0.1) is 0 Å². The normalized spacial score (nSPS) is 11.0. The van der Waals surface area contributed by atoms with E-state index < -0.39 is 0 Å². The van der Waals surface area contributed by atoms with Crippen molar-refractivity contribution in [3.63, 3.8) is 0 Å². The summed E-state index contributed by atoms with van der Waals surface area (Å²) >= 11 is 0. The average Bonchev–Trinajstić information content (AvgIpc) is 3.49. The zero-order valence-corrected chi connectivity index (χ0v) is 22.8. The molecule has 5 aromatic carbocycles. The zero-order valence-electron chi connectivity index (χ0n) is 22.8. The first-order valence-corrected chi connectivity index (χ1v) is 13.6. The number of ether oxygens (including phenoxy) is 1. The smallest absolute Gasteiger partial charge is 0.271 e. The lowest BCUT2D eigenvalue weighted by Crippen LogP contribution is -2.17. The number of para-hydroxylation sites is 2. The van der Waals surface area contributed by atoms with Crippen LogP contribution in [-0.4, -0.2) is 21.9 Å². The molecule has 0 aliphatic rings. The number of hydrogen-bond donors (Lipinski definition) is 1. The van der Waals surface area contributed by atoms with E-state index in [9.17, 15) is 4.79 Å². The molecule has 6 nitrogen and oxygen atoms in total. The predicted octanol–water partition coefficient (Wildman–Crippen LogP) is 7.55. The first-order valence-electron chi connectivity index (χ1n) is 13.6. The lowest BCUT2D eigenvalue weighted by atomic mass is 10.0. The van der Waals surface area contributed by atoms with Crippen LogP contribution in [0.4, 0.5) is 0 Å². The van der Waals surface area contributed by atoms with Gasteiger partial charge in [-0.1, -0.05) is 109 Å². The number of nitrogens with one attached hydrogen (secondary N) is 1. The Morgan fingerprint density at radius 3 is 2.07 bits per heavy atom. The number of aromatic nitrogens is 2. The van der Waals surface area contributed by atoms with Gasteiger partial charge in [0.05, 0.1) is 11.9 Å². The van der Waals surface area contributed by atoms with E-state index in [1.807, 2.05) is 126 Å². The molecule has 42 heavy (non-hydrogen) atoms. The van der Waals surface area contributed by atoms with Gasteiger partial charge in [-0.3, -0.25) is 4.79 Å². The maximum Gasteiger partial charge on any atom is 0.271 e. The molecule has 0 saturated carbocycles. The minimum absolute atomic E-state index is 0.301. The van der Waals surface area contributed by atoms with E-state index in [1.165, 1.54) is 0 Å². The molecule has 6 heteroatoms. The fraction of sp³-hybridized carbons (Fsp3) is 0.0278. The Balaban J connectivity index is 1.12. The molecule has 0 fully saturated rings. The summed E-state index contributed by atoms with van der Waals surface area (Å²) in [5, 5.41) is 9.02. The summed E-state index contributed by atoms with van der Waals surface area (Å²) in [4.78, 5) is 12.8. The Bertz CT molecular complexity index is 1800. The van der Waals surface area contributed by atoms with Crippen molar-refractivity contribution in [2.45, 2.75) is 6.61 Å². The van der Waals surface area contributed by atoms with Crippen molar-refractivity contribution in [2.24, 2.45) is 5.10 Å². The molecular formula is C36H28N4O2. The molecule has 0 unspecified atom stereocenters. The molecule has 0 radical (unpaired) electrons. The molecule has 0 bridgehead atoms. The van der Waals surface area contributed by atoms with E-state index in [1.54, 1.807) is 18.3 Å². The quantitative estimate of drug-likeness (QED) is 0.150. The largest absolute Gasteiger partial charge is 0.488 e. The SMILES string of the molecule is O=C(N/N=C\c1cn(-c2ccccc2)nc1-c1ccccc1)c1ccc(COc2ccccc2-c2ccccc2)cc1. The molecule has 0 atom stereocenters. The van der Waals surface area contributed by atoms with Gasteiger partial charge in [-0.25, -0.2) is 10.1 Å². The maximum absolute atomic E-state index is 12.8. The Morgan fingerprint density at radius 1 is 0.738 bits per heavy atom. The van der Waals surface area contributed by atoms with Gasteiger partial charge in [-0.15, -0.1) is 0 Å². The van der Waals surface area contributed by atoms with Crippen LogP contribution in [0.5, 0.6) is 5.75 Å². The second kappa shape index (κ2) is 12.6. The molecule has 0 spiro atoms. The van der Waals surface area contributed by atoms with Crippen LogP contribution in [0.2, 0.25) is 0 Å². The average molecular weight is 549 g/mol. The van der Waals surface area contributed by atoms with Crippen molar-refractivity contribution in [2.75, 3.05) is 0 Å². The molecule has 0 aliphatic heterocycles. The first kappa shape index (κ1) is 26.5. The van der Waals surface area contributed by atoms with E-state index in [4.69, 9.17) is 9.84 Å². The Hall–Kier alpha value is -5.75. The van der Waals surface area contributed by atoms with Gasteiger partial charge in [0.15, 0.2) is 0 Å². The molecular weight excluding hydrogens is 520 g/mol. The van der Waals surface area contributed by atoms with E-state index >= 15 is 0 Å². The van der Waals surface area contributed by atoms with Crippen LogP contribution in [0.3, 0.4) is 0 Å². The summed E-state index contributed by atoms with van der Waals surface area (Å²) in [6.45, 7) is 0.386. The van der Waals surface area contributed by atoms with Gasteiger partial charge in [0.2, 0.25) is 0 Å². The van der Waals surface area contributed by atoms with Gasteiger partial charge in [-0.2, -0.15) is 10.2 Å². The fourth-order valence-electron chi connectivity index (χ4n) is 4.60. The van der Waals surface area contributed by atoms with Gasteiger partial charge < -0.3 is 4.74 Å². The van der Waals surface area contributed by atoms with Crippen LogP contribution < -0.4 is 10.2 Å². The zero-order chi connectivity index (χ0) is 28.6. The van der Waals surface area contributed by atoms with E-state index in [2.05, 4.69) is 22.7 Å². The van der Waals surface area contributed by atoms with E-state index in [0.29, 0.717) is 12.2 Å². The van der Waals surface area contributed by atoms with Crippen molar-refractivity contribution in [3.8, 4) is 33.8 Å². The van der Waals surface area contributed by atoms with Gasteiger partial charge in [0.25, 0.3) is 5.91 Å². The van der Waals surface area contributed by atoms with Crippen LogP contribution in [0.25, 0.3) is 28.1 Å². The van der Waals surface area contributed by atoms with Gasteiger partial charge >= 0.3 is 0 Å². The lowest BCUT2D eigenvalue weighted by Gasteiger charge is -2.12. The van der Waals surface area contributed by atoms with Crippen molar-refractivity contribution in [1.82, 2.24) is 15.2 Å². The molecule has 204 valence electrons. The number of nitrogens with zero attached hydrogens (tertiary/aromatic N) is 3. The van der Waals surface area contributed by atoms with Crippen molar-refractivity contribution < 1.29 is 9.53 Å². The highest BCUT2D eigenvalue weighted by atomic mass is 16.5. The summed E-state index contributed by atoms with van der Waals surface area (Å²) in [7, 11) is 0.